The van der Waals surface area contributed by atoms with Crippen molar-refractivity contribution in [3.63, 3.8) is 0 Å². The molecule has 0 fully saturated rings. The SMILES string of the molecule is C#CCN(C)C(C)c1cccc(Cl)c1. The van der Waals surface area contributed by atoms with Gasteiger partial charge in [-0.2, -0.15) is 0 Å². The minimum absolute atomic E-state index is 0.296. The van der Waals surface area contributed by atoms with Crippen molar-refractivity contribution < 1.29 is 0 Å². The Morgan fingerprint density at radius 1 is 1.57 bits per heavy atom. The zero-order valence-corrected chi connectivity index (χ0v) is 9.25. The second-order valence-corrected chi connectivity index (χ2v) is 3.79. The van der Waals surface area contributed by atoms with Crippen molar-refractivity contribution in [1.82, 2.24) is 4.90 Å². The summed E-state index contributed by atoms with van der Waals surface area (Å²) >= 11 is 5.91. The number of hydrogen-bond donors (Lipinski definition) is 0. The average Bonchev–Trinajstić information content (AvgIpc) is 2.17. The molecular formula is C12H14ClN. The molecule has 0 saturated carbocycles. The first-order chi connectivity index (χ1) is 6.65. The maximum Gasteiger partial charge on any atom is 0.0601 e. The third-order valence-corrected chi connectivity index (χ3v) is 2.57. The third kappa shape index (κ3) is 2.77. The van der Waals surface area contributed by atoms with Gasteiger partial charge in [0.15, 0.2) is 0 Å². The molecule has 1 rings (SSSR count). The highest BCUT2D eigenvalue weighted by Crippen LogP contribution is 2.21. The van der Waals surface area contributed by atoms with Crippen molar-refractivity contribution in [3.05, 3.63) is 34.9 Å². The molecule has 0 heterocycles. The Kier molecular flexibility index (Phi) is 4.00. The predicted molar refractivity (Wildman–Crippen MR) is 61.3 cm³/mol. The Morgan fingerprint density at radius 2 is 2.29 bits per heavy atom. The number of benzene rings is 1. The van der Waals surface area contributed by atoms with Crippen molar-refractivity contribution in [2.45, 2.75) is 13.0 Å². The van der Waals surface area contributed by atoms with Gasteiger partial charge in [0, 0.05) is 11.1 Å². The summed E-state index contributed by atoms with van der Waals surface area (Å²) in [7, 11) is 2.01. The number of terminal acetylenes is 1. The van der Waals surface area contributed by atoms with Gasteiger partial charge in [0.1, 0.15) is 0 Å². The highest BCUT2D eigenvalue weighted by molar-refractivity contribution is 6.30. The molecule has 2 heteroatoms. The summed E-state index contributed by atoms with van der Waals surface area (Å²) in [6.45, 7) is 2.76. The second kappa shape index (κ2) is 5.05. The zero-order chi connectivity index (χ0) is 10.6. The molecule has 0 N–H and O–H groups in total. The molecule has 0 aliphatic heterocycles. The molecule has 1 unspecified atom stereocenters. The highest BCUT2D eigenvalue weighted by atomic mass is 35.5. The molecule has 0 aliphatic carbocycles. The van der Waals surface area contributed by atoms with Gasteiger partial charge < -0.3 is 0 Å². The Hall–Kier alpha value is -0.970. The van der Waals surface area contributed by atoms with E-state index in [0.717, 1.165) is 5.02 Å². The molecular weight excluding hydrogens is 194 g/mol. The van der Waals surface area contributed by atoms with Crippen LogP contribution in [0.2, 0.25) is 5.02 Å². The summed E-state index contributed by atoms with van der Waals surface area (Å²) in [6, 6.07) is 8.16. The van der Waals surface area contributed by atoms with Crippen LogP contribution in [0.4, 0.5) is 0 Å². The first-order valence-electron chi connectivity index (χ1n) is 4.54. The molecule has 0 spiro atoms. The van der Waals surface area contributed by atoms with Gasteiger partial charge in [-0.25, -0.2) is 0 Å². The van der Waals surface area contributed by atoms with Crippen molar-refractivity contribution in [1.29, 1.82) is 0 Å². The minimum Gasteiger partial charge on any atom is -0.289 e. The maximum atomic E-state index is 5.91. The van der Waals surface area contributed by atoms with Crippen molar-refractivity contribution in [2.24, 2.45) is 0 Å². The van der Waals surface area contributed by atoms with E-state index in [2.05, 4.69) is 23.8 Å². The Labute approximate surface area is 90.7 Å². The number of rotatable bonds is 3. The molecule has 74 valence electrons. The van der Waals surface area contributed by atoms with E-state index in [1.54, 1.807) is 0 Å². The lowest BCUT2D eigenvalue weighted by Gasteiger charge is -2.22. The van der Waals surface area contributed by atoms with Crippen LogP contribution in [0.25, 0.3) is 0 Å². The van der Waals surface area contributed by atoms with E-state index in [-0.39, 0.29) is 0 Å². The predicted octanol–water partition coefficient (Wildman–Crippen LogP) is 2.97. The summed E-state index contributed by atoms with van der Waals surface area (Å²) in [4.78, 5) is 2.10. The highest BCUT2D eigenvalue weighted by Gasteiger charge is 2.10. The standard InChI is InChI=1S/C12H14ClN/c1-4-8-14(3)10(2)11-6-5-7-12(13)9-11/h1,5-7,9-10H,8H2,2-3H3. The molecule has 1 aromatic carbocycles. The molecule has 0 aliphatic rings. The first kappa shape index (κ1) is 11.1. The van der Waals surface area contributed by atoms with E-state index in [1.165, 1.54) is 5.56 Å². The summed E-state index contributed by atoms with van der Waals surface area (Å²) in [5.41, 5.74) is 1.19. The van der Waals surface area contributed by atoms with E-state index in [4.69, 9.17) is 18.0 Å². The lowest BCUT2D eigenvalue weighted by atomic mass is 10.1. The Balaban J connectivity index is 2.79. The van der Waals surface area contributed by atoms with Crippen molar-refractivity contribution in [2.75, 3.05) is 13.6 Å². The fourth-order valence-electron chi connectivity index (χ4n) is 1.30. The topological polar surface area (TPSA) is 3.24 Å². The van der Waals surface area contributed by atoms with Gasteiger partial charge in [-0.3, -0.25) is 4.90 Å². The maximum absolute atomic E-state index is 5.91. The monoisotopic (exact) mass is 207 g/mol. The van der Waals surface area contributed by atoms with Gasteiger partial charge in [0.05, 0.1) is 6.54 Å². The lowest BCUT2D eigenvalue weighted by molar-refractivity contribution is 0.294. The molecule has 0 amide bonds. The van der Waals surface area contributed by atoms with Crippen LogP contribution < -0.4 is 0 Å². The van der Waals surface area contributed by atoms with Crippen LogP contribution in [0, 0.1) is 12.3 Å². The van der Waals surface area contributed by atoms with Crippen LogP contribution in [0.1, 0.15) is 18.5 Å². The van der Waals surface area contributed by atoms with E-state index in [9.17, 15) is 0 Å². The quantitative estimate of drug-likeness (QED) is 0.689. The van der Waals surface area contributed by atoms with Crippen LogP contribution in [0.5, 0.6) is 0 Å². The number of nitrogens with zero attached hydrogens (tertiary/aromatic N) is 1. The smallest absolute Gasteiger partial charge is 0.0601 e. The van der Waals surface area contributed by atoms with Crippen LogP contribution in [-0.4, -0.2) is 18.5 Å². The molecule has 0 aromatic heterocycles. The van der Waals surface area contributed by atoms with Crippen LogP contribution in [0.3, 0.4) is 0 Å². The van der Waals surface area contributed by atoms with Crippen LogP contribution in [-0.2, 0) is 0 Å². The summed E-state index contributed by atoms with van der Waals surface area (Å²) < 4.78 is 0. The van der Waals surface area contributed by atoms with E-state index in [0.29, 0.717) is 12.6 Å². The van der Waals surface area contributed by atoms with Gasteiger partial charge in [0.25, 0.3) is 0 Å². The van der Waals surface area contributed by atoms with E-state index < -0.39 is 0 Å². The first-order valence-corrected chi connectivity index (χ1v) is 4.92. The fourth-order valence-corrected chi connectivity index (χ4v) is 1.50. The lowest BCUT2D eigenvalue weighted by Crippen LogP contribution is -2.22. The summed E-state index contributed by atoms with van der Waals surface area (Å²) in [5.74, 6) is 2.63. The van der Waals surface area contributed by atoms with Gasteiger partial charge in [-0.05, 0) is 31.7 Å². The van der Waals surface area contributed by atoms with Crippen molar-refractivity contribution >= 4 is 11.6 Å². The van der Waals surface area contributed by atoms with Gasteiger partial charge in [-0.15, -0.1) is 6.42 Å². The summed E-state index contributed by atoms with van der Waals surface area (Å²) in [6.07, 6.45) is 5.26. The summed E-state index contributed by atoms with van der Waals surface area (Å²) in [5, 5.41) is 0.767. The number of hydrogen-bond acceptors (Lipinski definition) is 1. The molecule has 1 nitrogen and oxygen atoms in total. The van der Waals surface area contributed by atoms with Crippen LogP contribution in [0.15, 0.2) is 24.3 Å². The molecule has 0 saturated heterocycles. The zero-order valence-electron chi connectivity index (χ0n) is 8.50. The van der Waals surface area contributed by atoms with E-state index >= 15 is 0 Å². The third-order valence-electron chi connectivity index (χ3n) is 2.33. The molecule has 1 aromatic rings. The second-order valence-electron chi connectivity index (χ2n) is 3.35. The van der Waals surface area contributed by atoms with Gasteiger partial charge >= 0.3 is 0 Å². The minimum atomic E-state index is 0.296. The fraction of sp³-hybridized carbons (Fsp3) is 0.333. The van der Waals surface area contributed by atoms with Crippen LogP contribution >= 0.6 is 11.6 Å². The normalized spacial score (nSPS) is 12.5. The Morgan fingerprint density at radius 3 is 2.86 bits per heavy atom. The van der Waals surface area contributed by atoms with E-state index in [1.807, 2.05) is 25.2 Å². The largest absolute Gasteiger partial charge is 0.289 e. The average molecular weight is 208 g/mol. The molecule has 0 radical (unpaired) electrons. The van der Waals surface area contributed by atoms with Gasteiger partial charge in [0.2, 0.25) is 0 Å². The molecule has 1 atom stereocenters. The molecule has 14 heavy (non-hydrogen) atoms. The number of halogens is 1. The Bertz CT molecular complexity index is 340. The molecule has 0 bridgehead atoms. The van der Waals surface area contributed by atoms with Crippen molar-refractivity contribution in [3.8, 4) is 12.3 Å². The van der Waals surface area contributed by atoms with Gasteiger partial charge in [-0.1, -0.05) is 29.7 Å².